The third-order valence-corrected chi connectivity index (χ3v) is 6.62. The number of hydrogen-bond acceptors (Lipinski definition) is 5. The minimum absolute atomic E-state index is 0.0614. The van der Waals surface area contributed by atoms with Crippen molar-refractivity contribution >= 4 is 33.7 Å². The van der Waals surface area contributed by atoms with Crippen LogP contribution >= 0.6 is 11.6 Å². The molecule has 156 valence electrons. The number of methoxy groups -OCH3 is 1. The van der Waals surface area contributed by atoms with E-state index in [0.717, 1.165) is 5.56 Å². The third kappa shape index (κ3) is 6.73. The molecule has 0 saturated carbocycles. The Morgan fingerprint density at radius 1 is 1.25 bits per heavy atom. The van der Waals surface area contributed by atoms with E-state index in [0.29, 0.717) is 43.9 Å². The predicted octanol–water partition coefficient (Wildman–Crippen LogP) is 1.45. The van der Waals surface area contributed by atoms with Gasteiger partial charge in [-0.15, -0.1) is 0 Å². The highest BCUT2D eigenvalue weighted by atomic mass is 35.5. The summed E-state index contributed by atoms with van der Waals surface area (Å²) in [6.45, 7) is 2.47. The second kappa shape index (κ2) is 10.2. The molecule has 10 heteroatoms. The van der Waals surface area contributed by atoms with E-state index in [-0.39, 0.29) is 11.8 Å². The Morgan fingerprint density at radius 2 is 1.86 bits per heavy atom. The minimum atomic E-state index is -3.77. The van der Waals surface area contributed by atoms with Crippen LogP contribution < -0.4 is 10.0 Å². The number of carbonyl (C=O) groups is 2. The summed E-state index contributed by atoms with van der Waals surface area (Å²) in [6, 6.07) is 6.30. The van der Waals surface area contributed by atoms with E-state index in [1.54, 1.807) is 12.1 Å². The van der Waals surface area contributed by atoms with Crippen molar-refractivity contribution < 1.29 is 22.7 Å². The Morgan fingerprint density at radius 3 is 2.43 bits per heavy atom. The number of nitrogens with one attached hydrogen (secondary N) is 2. The van der Waals surface area contributed by atoms with Crippen LogP contribution in [0.1, 0.15) is 31.7 Å². The third-order valence-electron chi connectivity index (χ3n) is 4.67. The van der Waals surface area contributed by atoms with Gasteiger partial charge in [0.25, 0.3) is 10.2 Å². The molecule has 1 aliphatic rings. The number of halogens is 1. The number of rotatable bonds is 8. The van der Waals surface area contributed by atoms with E-state index >= 15 is 0 Å². The molecule has 0 aromatic heterocycles. The molecule has 0 radical (unpaired) electrons. The average molecular weight is 432 g/mol. The number of carbonyl (C=O) groups excluding carboxylic acids is 2. The number of nitrogens with zero attached hydrogens (tertiary/aromatic N) is 1. The van der Waals surface area contributed by atoms with E-state index in [1.807, 2.05) is 12.1 Å². The van der Waals surface area contributed by atoms with Gasteiger partial charge in [0.1, 0.15) is 6.04 Å². The first kappa shape index (κ1) is 22.6. The summed E-state index contributed by atoms with van der Waals surface area (Å²) in [6.07, 6.45) is 1.53. The van der Waals surface area contributed by atoms with Crippen molar-refractivity contribution in [2.75, 3.05) is 20.2 Å². The summed E-state index contributed by atoms with van der Waals surface area (Å²) in [7, 11) is -2.56. The highest BCUT2D eigenvalue weighted by Crippen LogP contribution is 2.22. The summed E-state index contributed by atoms with van der Waals surface area (Å²) in [5.41, 5.74) is 0.962. The van der Waals surface area contributed by atoms with Crippen LogP contribution in [0.3, 0.4) is 0 Å². The summed E-state index contributed by atoms with van der Waals surface area (Å²) in [5.74, 6) is -0.584. The van der Waals surface area contributed by atoms with Crippen LogP contribution in [0.15, 0.2) is 24.3 Å². The van der Waals surface area contributed by atoms with Crippen molar-refractivity contribution in [1.29, 1.82) is 0 Å². The van der Waals surface area contributed by atoms with E-state index in [9.17, 15) is 18.0 Å². The zero-order valence-electron chi connectivity index (χ0n) is 16.0. The first-order valence-electron chi connectivity index (χ1n) is 9.07. The number of piperidine rings is 1. The van der Waals surface area contributed by atoms with Crippen molar-refractivity contribution in [3.05, 3.63) is 34.9 Å². The molecule has 1 saturated heterocycles. The Hall–Kier alpha value is -1.68. The maximum Gasteiger partial charge on any atom is 0.323 e. The lowest BCUT2D eigenvalue weighted by Gasteiger charge is -2.31. The van der Waals surface area contributed by atoms with Crippen LogP contribution in [-0.4, -0.2) is 50.8 Å². The standard InChI is InChI=1S/C18H26ClN3O5S/c1-13(18(24)27-2)21-28(25,26)22-9-7-14(8-10-22)11-17(23)20-12-15-3-5-16(19)6-4-15/h3-6,13-14,21H,7-12H2,1-2H3,(H,20,23)/t13-/m1/s1. The second-order valence-corrected chi connectivity index (χ2v) is 8.96. The van der Waals surface area contributed by atoms with Crippen LogP contribution in [0.2, 0.25) is 5.02 Å². The minimum Gasteiger partial charge on any atom is -0.468 e. The molecule has 0 aliphatic carbocycles. The molecule has 1 heterocycles. The van der Waals surface area contributed by atoms with Gasteiger partial charge in [0.05, 0.1) is 7.11 Å². The van der Waals surface area contributed by atoms with Crippen LogP contribution in [0.25, 0.3) is 0 Å². The lowest BCUT2D eigenvalue weighted by molar-refractivity contribution is -0.142. The lowest BCUT2D eigenvalue weighted by atomic mass is 9.94. The van der Waals surface area contributed by atoms with E-state index in [1.165, 1.54) is 18.3 Å². The monoisotopic (exact) mass is 431 g/mol. The molecule has 0 unspecified atom stereocenters. The highest BCUT2D eigenvalue weighted by molar-refractivity contribution is 7.87. The first-order chi connectivity index (χ1) is 13.2. The van der Waals surface area contributed by atoms with Gasteiger partial charge in [0.2, 0.25) is 5.91 Å². The summed E-state index contributed by atoms with van der Waals surface area (Å²) >= 11 is 5.84. The molecule has 8 nitrogen and oxygen atoms in total. The maximum atomic E-state index is 12.3. The number of amides is 1. The number of hydrogen-bond donors (Lipinski definition) is 2. The van der Waals surface area contributed by atoms with Gasteiger partial charge in [0, 0.05) is 31.1 Å². The van der Waals surface area contributed by atoms with E-state index in [2.05, 4.69) is 14.8 Å². The van der Waals surface area contributed by atoms with Crippen LogP contribution in [-0.2, 0) is 31.1 Å². The van der Waals surface area contributed by atoms with Crippen molar-refractivity contribution in [1.82, 2.24) is 14.3 Å². The summed E-state index contributed by atoms with van der Waals surface area (Å²) in [5, 5.41) is 3.52. The van der Waals surface area contributed by atoms with Gasteiger partial charge >= 0.3 is 5.97 Å². The Labute approximate surface area is 170 Å². The van der Waals surface area contributed by atoms with Gasteiger partial charge in [0.15, 0.2) is 0 Å². The predicted molar refractivity (Wildman–Crippen MR) is 106 cm³/mol. The SMILES string of the molecule is COC(=O)[C@@H](C)NS(=O)(=O)N1CCC(CC(=O)NCc2ccc(Cl)cc2)CC1. The smallest absolute Gasteiger partial charge is 0.323 e. The highest BCUT2D eigenvalue weighted by Gasteiger charge is 2.31. The molecule has 0 bridgehead atoms. The molecule has 2 N–H and O–H groups in total. The quantitative estimate of drug-likeness (QED) is 0.606. The summed E-state index contributed by atoms with van der Waals surface area (Å²) < 4.78 is 32.8. The Kier molecular flexibility index (Phi) is 8.23. The first-order valence-corrected chi connectivity index (χ1v) is 10.9. The van der Waals surface area contributed by atoms with Crippen molar-refractivity contribution in [2.45, 2.75) is 38.8 Å². The summed E-state index contributed by atoms with van der Waals surface area (Å²) in [4.78, 5) is 23.6. The fourth-order valence-electron chi connectivity index (χ4n) is 3.01. The van der Waals surface area contributed by atoms with Gasteiger partial charge in [-0.3, -0.25) is 9.59 Å². The largest absolute Gasteiger partial charge is 0.468 e. The maximum absolute atomic E-state index is 12.3. The topological polar surface area (TPSA) is 105 Å². The second-order valence-electron chi connectivity index (χ2n) is 6.82. The van der Waals surface area contributed by atoms with Gasteiger partial charge in [-0.25, -0.2) is 0 Å². The number of ether oxygens (including phenoxy) is 1. The Balaban J connectivity index is 1.76. The average Bonchev–Trinajstić information content (AvgIpc) is 2.67. The Bertz CT molecular complexity index is 777. The molecule has 0 spiro atoms. The van der Waals surface area contributed by atoms with Crippen LogP contribution in [0.5, 0.6) is 0 Å². The molecule has 1 atom stereocenters. The zero-order valence-corrected chi connectivity index (χ0v) is 17.6. The fraction of sp³-hybridized carbons (Fsp3) is 0.556. The van der Waals surface area contributed by atoms with Crippen LogP contribution in [0.4, 0.5) is 0 Å². The van der Waals surface area contributed by atoms with E-state index in [4.69, 9.17) is 11.6 Å². The zero-order chi connectivity index (χ0) is 20.7. The number of esters is 1. The molecule has 1 fully saturated rings. The molecule has 28 heavy (non-hydrogen) atoms. The molecule has 1 aromatic carbocycles. The van der Waals surface area contributed by atoms with Gasteiger partial charge in [-0.05, 0) is 43.4 Å². The molecule has 2 rings (SSSR count). The van der Waals surface area contributed by atoms with Crippen LogP contribution in [0, 0.1) is 5.92 Å². The van der Waals surface area contributed by atoms with Crippen molar-refractivity contribution in [2.24, 2.45) is 5.92 Å². The van der Waals surface area contributed by atoms with Gasteiger partial charge in [-0.1, -0.05) is 23.7 Å². The van der Waals surface area contributed by atoms with E-state index < -0.39 is 22.2 Å². The molecule has 1 aromatic rings. The van der Waals surface area contributed by atoms with Gasteiger partial charge in [-0.2, -0.15) is 17.4 Å². The molecular formula is C18H26ClN3O5S. The van der Waals surface area contributed by atoms with Crippen molar-refractivity contribution in [3.63, 3.8) is 0 Å². The molecular weight excluding hydrogens is 406 g/mol. The normalized spacial score (nSPS) is 17.1. The fourth-order valence-corrected chi connectivity index (χ4v) is 4.52. The lowest BCUT2D eigenvalue weighted by Crippen LogP contribution is -2.50. The van der Waals surface area contributed by atoms with Gasteiger partial charge < -0.3 is 10.1 Å². The number of benzene rings is 1. The van der Waals surface area contributed by atoms with Crippen molar-refractivity contribution in [3.8, 4) is 0 Å². The molecule has 1 aliphatic heterocycles. The molecule has 1 amide bonds.